The van der Waals surface area contributed by atoms with E-state index in [1.165, 1.54) is 4.57 Å². The summed E-state index contributed by atoms with van der Waals surface area (Å²) < 4.78 is 8.23. The second kappa shape index (κ2) is 8.57. The Morgan fingerprint density at radius 3 is 2.41 bits per heavy atom. The molecule has 0 spiro atoms. The van der Waals surface area contributed by atoms with Gasteiger partial charge in [0.2, 0.25) is 0 Å². The van der Waals surface area contributed by atoms with Crippen molar-refractivity contribution in [1.82, 2.24) is 9.13 Å². The van der Waals surface area contributed by atoms with Crippen molar-refractivity contribution >= 4 is 26.8 Å². The maximum Gasteiger partial charge on any atom is 0.331 e. The Labute approximate surface area is 166 Å². The Morgan fingerprint density at radius 1 is 1.00 bits per heavy atom. The number of fused-ring (bicyclic) bond motifs is 1. The molecule has 0 fully saturated rings. The number of ether oxygens (including phenoxy) is 1. The average Bonchev–Trinajstić information content (AvgIpc) is 2.68. The first-order chi connectivity index (χ1) is 13.0. The minimum atomic E-state index is -0.262. The molecule has 0 N–H and O–H groups in total. The highest BCUT2D eigenvalue weighted by atomic mass is 79.9. The standard InChI is InChI=1S/C21H23BrN2O3/c1-15-5-10-19-18(13-15)20(25)24(21(26)23(19)12-4-3-11-22)14-16-6-8-17(27-2)9-7-16/h5-10,13H,3-4,11-12,14H2,1-2H3. The molecule has 0 atom stereocenters. The van der Waals surface area contributed by atoms with Gasteiger partial charge in [0.1, 0.15) is 5.75 Å². The Kier molecular flexibility index (Phi) is 6.16. The van der Waals surface area contributed by atoms with Gasteiger partial charge in [-0.2, -0.15) is 0 Å². The fraction of sp³-hybridized carbons (Fsp3) is 0.333. The third-order valence-electron chi connectivity index (χ3n) is 4.65. The van der Waals surface area contributed by atoms with E-state index in [-0.39, 0.29) is 17.8 Å². The van der Waals surface area contributed by atoms with E-state index in [1.54, 1.807) is 11.7 Å². The summed E-state index contributed by atoms with van der Waals surface area (Å²) in [6.45, 7) is 2.78. The number of benzene rings is 2. The van der Waals surface area contributed by atoms with E-state index in [1.807, 2.05) is 49.4 Å². The van der Waals surface area contributed by atoms with Crippen LogP contribution in [0.1, 0.15) is 24.0 Å². The molecule has 0 aliphatic rings. The van der Waals surface area contributed by atoms with Crippen LogP contribution in [0.5, 0.6) is 5.75 Å². The molecule has 3 rings (SSSR count). The van der Waals surface area contributed by atoms with E-state index < -0.39 is 0 Å². The summed E-state index contributed by atoms with van der Waals surface area (Å²) >= 11 is 3.43. The van der Waals surface area contributed by atoms with Gasteiger partial charge in [0.15, 0.2) is 0 Å². The van der Waals surface area contributed by atoms with Crippen LogP contribution in [0, 0.1) is 6.92 Å². The molecule has 142 valence electrons. The number of halogens is 1. The van der Waals surface area contributed by atoms with Crippen molar-refractivity contribution in [3.8, 4) is 5.75 Å². The molecule has 1 heterocycles. The molecule has 0 saturated carbocycles. The SMILES string of the molecule is COc1ccc(Cn2c(=O)c3cc(C)ccc3n(CCCCBr)c2=O)cc1. The molecule has 0 saturated heterocycles. The monoisotopic (exact) mass is 430 g/mol. The van der Waals surface area contributed by atoms with Gasteiger partial charge in [-0.25, -0.2) is 4.79 Å². The highest BCUT2D eigenvalue weighted by Crippen LogP contribution is 2.14. The van der Waals surface area contributed by atoms with Gasteiger partial charge in [0, 0.05) is 11.9 Å². The Hall–Kier alpha value is -2.34. The largest absolute Gasteiger partial charge is 0.497 e. The zero-order valence-corrected chi connectivity index (χ0v) is 17.2. The third-order valence-corrected chi connectivity index (χ3v) is 5.21. The van der Waals surface area contributed by atoms with Crippen LogP contribution in [0.25, 0.3) is 10.9 Å². The van der Waals surface area contributed by atoms with Crippen molar-refractivity contribution in [2.24, 2.45) is 0 Å². The lowest BCUT2D eigenvalue weighted by atomic mass is 10.1. The maximum absolute atomic E-state index is 13.1. The van der Waals surface area contributed by atoms with E-state index in [0.717, 1.165) is 35.0 Å². The Bertz CT molecular complexity index is 1050. The average molecular weight is 431 g/mol. The van der Waals surface area contributed by atoms with Gasteiger partial charge in [0.05, 0.1) is 24.6 Å². The lowest BCUT2D eigenvalue weighted by molar-refractivity contribution is 0.414. The minimum absolute atomic E-state index is 0.240. The summed E-state index contributed by atoms with van der Waals surface area (Å²) in [5.74, 6) is 0.743. The molecule has 0 aliphatic carbocycles. The highest BCUT2D eigenvalue weighted by Gasteiger charge is 2.13. The van der Waals surface area contributed by atoms with Crippen molar-refractivity contribution in [2.75, 3.05) is 12.4 Å². The fourth-order valence-electron chi connectivity index (χ4n) is 3.17. The number of aryl methyl sites for hydroxylation is 2. The van der Waals surface area contributed by atoms with E-state index >= 15 is 0 Å². The molecule has 3 aromatic rings. The molecular formula is C21H23BrN2O3. The molecule has 0 unspecified atom stereocenters. The van der Waals surface area contributed by atoms with Crippen molar-refractivity contribution < 1.29 is 4.74 Å². The van der Waals surface area contributed by atoms with Crippen molar-refractivity contribution in [2.45, 2.75) is 32.9 Å². The van der Waals surface area contributed by atoms with E-state index in [0.29, 0.717) is 17.4 Å². The van der Waals surface area contributed by atoms with Crippen LogP contribution >= 0.6 is 15.9 Å². The van der Waals surface area contributed by atoms with Gasteiger partial charge in [-0.05, 0) is 49.6 Å². The second-order valence-corrected chi connectivity index (χ2v) is 7.38. The summed E-state index contributed by atoms with van der Waals surface area (Å²) in [6, 6.07) is 13.1. The summed E-state index contributed by atoms with van der Waals surface area (Å²) in [5.41, 5.74) is 2.08. The van der Waals surface area contributed by atoms with Crippen molar-refractivity contribution in [3.05, 3.63) is 74.4 Å². The van der Waals surface area contributed by atoms with Crippen LogP contribution in [0.15, 0.2) is 52.1 Å². The lowest BCUT2D eigenvalue weighted by Crippen LogP contribution is -2.40. The molecule has 0 radical (unpaired) electrons. The smallest absolute Gasteiger partial charge is 0.331 e. The molecule has 2 aromatic carbocycles. The first-order valence-corrected chi connectivity index (χ1v) is 10.1. The van der Waals surface area contributed by atoms with E-state index in [2.05, 4.69) is 15.9 Å². The van der Waals surface area contributed by atoms with Crippen molar-refractivity contribution in [3.63, 3.8) is 0 Å². The van der Waals surface area contributed by atoms with Crippen LogP contribution < -0.4 is 16.0 Å². The predicted octanol–water partition coefficient (Wildman–Crippen LogP) is 3.70. The fourth-order valence-corrected chi connectivity index (χ4v) is 3.57. The van der Waals surface area contributed by atoms with Crippen LogP contribution in [-0.2, 0) is 13.1 Å². The number of unbranched alkanes of at least 4 members (excludes halogenated alkanes) is 1. The van der Waals surface area contributed by atoms with Gasteiger partial charge >= 0.3 is 5.69 Å². The molecule has 6 heteroatoms. The number of methoxy groups -OCH3 is 1. The normalized spacial score (nSPS) is 11.1. The third kappa shape index (κ3) is 4.16. The Morgan fingerprint density at radius 2 is 1.74 bits per heavy atom. The molecule has 27 heavy (non-hydrogen) atoms. The van der Waals surface area contributed by atoms with Gasteiger partial charge in [-0.3, -0.25) is 13.9 Å². The van der Waals surface area contributed by atoms with Gasteiger partial charge < -0.3 is 4.74 Å². The number of nitrogens with zero attached hydrogens (tertiary/aromatic N) is 2. The number of hydrogen-bond acceptors (Lipinski definition) is 3. The summed E-state index contributed by atoms with van der Waals surface area (Å²) in [6.07, 6.45) is 1.84. The van der Waals surface area contributed by atoms with Gasteiger partial charge in [-0.1, -0.05) is 39.7 Å². The molecule has 0 amide bonds. The number of rotatable bonds is 7. The van der Waals surface area contributed by atoms with Crippen molar-refractivity contribution in [1.29, 1.82) is 0 Å². The van der Waals surface area contributed by atoms with E-state index in [4.69, 9.17) is 4.74 Å². The molecule has 0 bridgehead atoms. The molecule has 1 aromatic heterocycles. The minimum Gasteiger partial charge on any atom is -0.497 e. The lowest BCUT2D eigenvalue weighted by Gasteiger charge is -2.14. The molecular weight excluding hydrogens is 408 g/mol. The quantitative estimate of drug-likeness (QED) is 0.424. The first-order valence-electron chi connectivity index (χ1n) is 8.98. The van der Waals surface area contributed by atoms with Gasteiger partial charge in [0.25, 0.3) is 5.56 Å². The number of hydrogen-bond donors (Lipinski definition) is 0. The maximum atomic E-state index is 13.1. The predicted molar refractivity (Wildman–Crippen MR) is 112 cm³/mol. The molecule has 0 aliphatic heterocycles. The Balaban J connectivity index is 2.12. The zero-order chi connectivity index (χ0) is 19.4. The van der Waals surface area contributed by atoms with Crippen LogP contribution in [0.4, 0.5) is 0 Å². The zero-order valence-electron chi connectivity index (χ0n) is 15.6. The first kappa shape index (κ1) is 19.4. The number of alkyl halides is 1. The molecule has 5 nitrogen and oxygen atoms in total. The van der Waals surface area contributed by atoms with Gasteiger partial charge in [-0.15, -0.1) is 0 Å². The summed E-state index contributed by atoms with van der Waals surface area (Å²) in [7, 11) is 1.61. The summed E-state index contributed by atoms with van der Waals surface area (Å²) in [4.78, 5) is 26.1. The summed E-state index contributed by atoms with van der Waals surface area (Å²) in [5, 5.41) is 1.48. The topological polar surface area (TPSA) is 53.2 Å². The van der Waals surface area contributed by atoms with E-state index in [9.17, 15) is 9.59 Å². The second-order valence-electron chi connectivity index (χ2n) is 6.59. The van der Waals surface area contributed by atoms with Crippen LogP contribution in [0.3, 0.4) is 0 Å². The van der Waals surface area contributed by atoms with Crippen LogP contribution in [-0.4, -0.2) is 21.6 Å². The van der Waals surface area contributed by atoms with Crippen LogP contribution in [0.2, 0.25) is 0 Å². The number of aromatic nitrogens is 2. The highest BCUT2D eigenvalue weighted by molar-refractivity contribution is 9.09.